The normalized spacial score (nSPS) is 17.7. The third-order valence-electron chi connectivity index (χ3n) is 4.75. The van der Waals surface area contributed by atoms with E-state index in [4.69, 9.17) is 27.9 Å². The standard InChI is InChI=1S/C20H23Cl2N3O2/c1-13-11-24(9-10-27-13)20(26)8-7-16-14(2)23-25(15(16)3)12-17-18(21)5-4-6-19(17)22/h4-8,13H,9-12H2,1-3H3/b8-7+. The fraction of sp³-hybridized carbons (Fsp3) is 0.400. The molecule has 1 aromatic carbocycles. The van der Waals surface area contributed by atoms with E-state index in [1.165, 1.54) is 0 Å². The number of benzene rings is 1. The second-order valence-corrected chi connectivity index (χ2v) is 7.56. The number of halogens is 2. The van der Waals surface area contributed by atoms with Crippen LogP contribution in [0.2, 0.25) is 10.0 Å². The molecule has 27 heavy (non-hydrogen) atoms. The zero-order valence-electron chi connectivity index (χ0n) is 15.7. The van der Waals surface area contributed by atoms with Gasteiger partial charge in [-0.3, -0.25) is 9.48 Å². The van der Waals surface area contributed by atoms with Crippen molar-refractivity contribution in [3.8, 4) is 0 Å². The predicted octanol–water partition coefficient (Wildman–Crippen LogP) is 4.12. The van der Waals surface area contributed by atoms with Crippen molar-refractivity contribution in [2.75, 3.05) is 19.7 Å². The minimum atomic E-state index is -0.00847. The van der Waals surface area contributed by atoms with E-state index in [2.05, 4.69) is 5.10 Å². The predicted molar refractivity (Wildman–Crippen MR) is 108 cm³/mol. The quantitative estimate of drug-likeness (QED) is 0.716. The molecular weight excluding hydrogens is 385 g/mol. The highest BCUT2D eigenvalue weighted by Crippen LogP contribution is 2.26. The monoisotopic (exact) mass is 407 g/mol. The first kappa shape index (κ1) is 19.9. The molecule has 1 aliphatic rings. The number of carbonyl (C=O) groups excluding carboxylic acids is 1. The number of carbonyl (C=O) groups is 1. The third kappa shape index (κ3) is 4.54. The van der Waals surface area contributed by atoms with Crippen LogP contribution in [0, 0.1) is 13.8 Å². The lowest BCUT2D eigenvalue weighted by molar-refractivity contribution is -0.132. The maximum absolute atomic E-state index is 12.4. The first-order valence-electron chi connectivity index (χ1n) is 8.92. The van der Waals surface area contributed by atoms with Crippen molar-refractivity contribution in [3.63, 3.8) is 0 Å². The fourth-order valence-electron chi connectivity index (χ4n) is 3.22. The highest BCUT2D eigenvalue weighted by Gasteiger charge is 2.20. The van der Waals surface area contributed by atoms with Crippen LogP contribution in [0.4, 0.5) is 0 Å². The van der Waals surface area contributed by atoms with Crippen LogP contribution in [0.25, 0.3) is 6.08 Å². The van der Waals surface area contributed by atoms with Gasteiger partial charge in [0.25, 0.3) is 0 Å². The molecule has 5 nitrogen and oxygen atoms in total. The summed E-state index contributed by atoms with van der Waals surface area (Å²) >= 11 is 12.6. The van der Waals surface area contributed by atoms with Gasteiger partial charge in [-0.1, -0.05) is 29.3 Å². The van der Waals surface area contributed by atoms with Gasteiger partial charge in [-0.15, -0.1) is 0 Å². The second-order valence-electron chi connectivity index (χ2n) is 6.74. The van der Waals surface area contributed by atoms with Crippen LogP contribution in [0.1, 0.15) is 29.4 Å². The van der Waals surface area contributed by atoms with Gasteiger partial charge in [0.1, 0.15) is 0 Å². The highest BCUT2D eigenvalue weighted by atomic mass is 35.5. The number of morpholine rings is 1. The number of aromatic nitrogens is 2. The van der Waals surface area contributed by atoms with Crippen molar-refractivity contribution < 1.29 is 9.53 Å². The molecule has 1 unspecified atom stereocenters. The first-order valence-corrected chi connectivity index (χ1v) is 9.68. The smallest absolute Gasteiger partial charge is 0.246 e. The zero-order chi connectivity index (χ0) is 19.6. The molecule has 0 spiro atoms. The van der Waals surface area contributed by atoms with Gasteiger partial charge >= 0.3 is 0 Å². The lowest BCUT2D eigenvalue weighted by atomic mass is 10.1. The van der Waals surface area contributed by atoms with Gasteiger partial charge in [-0.05, 0) is 39.0 Å². The molecule has 2 aromatic rings. The van der Waals surface area contributed by atoms with Crippen LogP contribution in [0.5, 0.6) is 0 Å². The van der Waals surface area contributed by atoms with E-state index in [1.54, 1.807) is 6.08 Å². The number of aryl methyl sites for hydroxylation is 1. The minimum Gasteiger partial charge on any atom is -0.375 e. The van der Waals surface area contributed by atoms with Crippen LogP contribution >= 0.6 is 23.2 Å². The molecule has 1 aliphatic heterocycles. The Hall–Kier alpha value is -1.82. The lowest BCUT2D eigenvalue weighted by Crippen LogP contribution is -2.43. The fourth-order valence-corrected chi connectivity index (χ4v) is 3.73. The van der Waals surface area contributed by atoms with Gasteiger partial charge in [0.05, 0.1) is 24.9 Å². The molecule has 0 saturated carbocycles. The molecule has 0 bridgehead atoms. The molecular formula is C20H23Cl2N3O2. The molecule has 0 radical (unpaired) electrons. The van der Waals surface area contributed by atoms with Crippen LogP contribution in [0.3, 0.4) is 0 Å². The largest absolute Gasteiger partial charge is 0.375 e. The van der Waals surface area contributed by atoms with Gasteiger partial charge in [-0.2, -0.15) is 5.10 Å². The molecule has 1 fully saturated rings. The van der Waals surface area contributed by atoms with Gasteiger partial charge in [-0.25, -0.2) is 0 Å². The Balaban J connectivity index is 1.78. The first-order chi connectivity index (χ1) is 12.9. The van der Waals surface area contributed by atoms with Crippen LogP contribution < -0.4 is 0 Å². The summed E-state index contributed by atoms with van der Waals surface area (Å²) in [5.41, 5.74) is 3.59. The second kappa shape index (κ2) is 8.46. The number of hydrogen-bond donors (Lipinski definition) is 0. The summed E-state index contributed by atoms with van der Waals surface area (Å²) in [6.07, 6.45) is 3.52. The van der Waals surface area contributed by atoms with E-state index in [0.29, 0.717) is 36.3 Å². The zero-order valence-corrected chi connectivity index (χ0v) is 17.2. The number of rotatable bonds is 4. The molecule has 3 rings (SSSR count). The van der Waals surface area contributed by atoms with Crippen molar-refractivity contribution in [3.05, 3.63) is 56.8 Å². The van der Waals surface area contributed by atoms with E-state index in [0.717, 1.165) is 22.5 Å². The van der Waals surface area contributed by atoms with E-state index in [-0.39, 0.29) is 12.0 Å². The van der Waals surface area contributed by atoms with Gasteiger partial charge in [0.2, 0.25) is 5.91 Å². The molecule has 2 heterocycles. The van der Waals surface area contributed by atoms with E-state index < -0.39 is 0 Å². The summed E-state index contributed by atoms with van der Waals surface area (Å²) in [7, 11) is 0. The van der Waals surface area contributed by atoms with Crippen LogP contribution in [0.15, 0.2) is 24.3 Å². The molecule has 1 atom stereocenters. The van der Waals surface area contributed by atoms with Gasteiger partial charge in [0, 0.05) is 46.0 Å². The highest BCUT2D eigenvalue weighted by molar-refractivity contribution is 6.35. The van der Waals surface area contributed by atoms with E-state index in [9.17, 15) is 4.79 Å². The molecule has 0 N–H and O–H groups in total. The Bertz CT molecular complexity index is 856. The van der Waals surface area contributed by atoms with Crippen LogP contribution in [-0.2, 0) is 16.1 Å². The van der Waals surface area contributed by atoms with E-state index >= 15 is 0 Å². The number of hydrogen-bond acceptors (Lipinski definition) is 3. The topological polar surface area (TPSA) is 47.4 Å². The van der Waals surface area contributed by atoms with Crippen LogP contribution in [-0.4, -0.2) is 46.4 Å². The van der Waals surface area contributed by atoms with Gasteiger partial charge < -0.3 is 9.64 Å². The molecule has 144 valence electrons. The van der Waals surface area contributed by atoms with Crippen molar-refractivity contribution in [2.24, 2.45) is 0 Å². The average molecular weight is 408 g/mol. The van der Waals surface area contributed by atoms with Crippen molar-refractivity contribution in [2.45, 2.75) is 33.4 Å². The summed E-state index contributed by atoms with van der Waals surface area (Å²) in [6.45, 7) is 8.18. The maximum Gasteiger partial charge on any atom is 0.246 e. The number of amides is 1. The summed E-state index contributed by atoms with van der Waals surface area (Å²) in [5.74, 6) is -0.00847. The Morgan fingerprint density at radius 1 is 1.33 bits per heavy atom. The van der Waals surface area contributed by atoms with E-state index in [1.807, 2.05) is 54.6 Å². The molecule has 1 amide bonds. The van der Waals surface area contributed by atoms with Crippen molar-refractivity contribution in [1.82, 2.24) is 14.7 Å². The number of nitrogens with zero attached hydrogens (tertiary/aromatic N) is 3. The summed E-state index contributed by atoms with van der Waals surface area (Å²) in [5, 5.41) is 5.82. The lowest BCUT2D eigenvalue weighted by Gasteiger charge is -2.30. The summed E-state index contributed by atoms with van der Waals surface area (Å²) in [4.78, 5) is 14.3. The van der Waals surface area contributed by atoms with Crippen molar-refractivity contribution in [1.29, 1.82) is 0 Å². The Morgan fingerprint density at radius 2 is 2.04 bits per heavy atom. The third-order valence-corrected chi connectivity index (χ3v) is 5.46. The summed E-state index contributed by atoms with van der Waals surface area (Å²) in [6, 6.07) is 5.45. The molecule has 7 heteroatoms. The number of ether oxygens (including phenoxy) is 1. The minimum absolute atomic E-state index is 0.00847. The molecule has 0 aliphatic carbocycles. The molecule has 1 saturated heterocycles. The summed E-state index contributed by atoms with van der Waals surface area (Å²) < 4.78 is 7.35. The SMILES string of the molecule is Cc1nn(Cc2c(Cl)cccc2Cl)c(C)c1/C=C/C(=O)N1CCOC(C)C1. The average Bonchev–Trinajstić information content (AvgIpc) is 2.89. The van der Waals surface area contributed by atoms with Gasteiger partial charge in [0.15, 0.2) is 0 Å². The Morgan fingerprint density at radius 3 is 2.70 bits per heavy atom. The Labute approximate surface area is 169 Å². The Kier molecular flexibility index (Phi) is 6.25. The molecule has 1 aromatic heterocycles. The van der Waals surface area contributed by atoms with Crippen molar-refractivity contribution >= 4 is 35.2 Å². The maximum atomic E-state index is 12.4.